The molecule has 6 heteroatoms. The standard InChI is InChI=1S/C13H11Br3N2O/c1-19-13-3-2-8(14)5-11(13)18-7-12-10(16)4-9(15)6-17-12/h2-6,18H,7H2,1H3. The van der Waals surface area contributed by atoms with Crippen LogP contribution in [0.5, 0.6) is 5.75 Å². The Morgan fingerprint density at radius 2 is 1.95 bits per heavy atom. The zero-order chi connectivity index (χ0) is 13.8. The smallest absolute Gasteiger partial charge is 0.142 e. The molecule has 0 aliphatic rings. The molecule has 0 unspecified atom stereocenters. The molecular formula is C13H11Br3N2O. The van der Waals surface area contributed by atoms with E-state index in [-0.39, 0.29) is 0 Å². The molecule has 0 bridgehead atoms. The van der Waals surface area contributed by atoms with E-state index in [0.717, 1.165) is 30.5 Å². The number of ether oxygens (including phenoxy) is 1. The van der Waals surface area contributed by atoms with Crippen molar-refractivity contribution in [3.05, 3.63) is 49.6 Å². The van der Waals surface area contributed by atoms with Gasteiger partial charge in [-0.25, -0.2) is 0 Å². The fourth-order valence-corrected chi connectivity index (χ4v) is 3.06. The maximum atomic E-state index is 5.32. The minimum absolute atomic E-state index is 0.612. The summed E-state index contributed by atoms with van der Waals surface area (Å²) < 4.78 is 8.22. The summed E-state index contributed by atoms with van der Waals surface area (Å²) in [5, 5.41) is 3.32. The Balaban J connectivity index is 2.16. The van der Waals surface area contributed by atoms with E-state index < -0.39 is 0 Å². The van der Waals surface area contributed by atoms with E-state index in [9.17, 15) is 0 Å². The van der Waals surface area contributed by atoms with Crippen molar-refractivity contribution in [3.8, 4) is 5.75 Å². The number of methoxy groups -OCH3 is 1. The van der Waals surface area contributed by atoms with Gasteiger partial charge in [0.15, 0.2) is 0 Å². The van der Waals surface area contributed by atoms with Gasteiger partial charge < -0.3 is 10.1 Å². The number of hydrogen-bond acceptors (Lipinski definition) is 3. The highest BCUT2D eigenvalue weighted by Crippen LogP contribution is 2.29. The Hall–Kier alpha value is -0.590. The van der Waals surface area contributed by atoms with Crippen LogP contribution < -0.4 is 10.1 Å². The summed E-state index contributed by atoms with van der Waals surface area (Å²) in [6.45, 7) is 0.612. The van der Waals surface area contributed by atoms with Crippen LogP contribution >= 0.6 is 47.8 Å². The van der Waals surface area contributed by atoms with Crippen molar-refractivity contribution in [2.24, 2.45) is 0 Å². The van der Waals surface area contributed by atoms with Gasteiger partial charge in [0.05, 0.1) is 25.0 Å². The second-order valence-electron chi connectivity index (χ2n) is 3.78. The number of hydrogen-bond donors (Lipinski definition) is 1. The molecule has 0 aliphatic heterocycles. The number of rotatable bonds is 4. The summed E-state index contributed by atoms with van der Waals surface area (Å²) in [5.41, 5.74) is 1.86. The maximum Gasteiger partial charge on any atom is 0.142 e. The molecule has 0 fully saturated rings. The highest BCUT2D eigenvalue weighted by atomic mass is 79.9. The average molecular weight is 451 g/mol. The first-order chi connectivity index (χ1) is 9.10. The van der Waals surface area contributed by atoms with Crippen LogP contribution in [0.3, 0.4) is 0 Å². The predicted molar refractivity (Wildman–Crippen MR) is 87.7 cm³/mol. The molecule has 19 heavy (non-hydrogen) atoms. The van der Waals surface area contributed by atoms with Crippen molar-refractivity contribution in [2.45, 2.75) is 6.54 Å². The lowest BCUT2D eigenvalue weighted by Crippen LogP contribution is -2.04. The number of pyridine rings is 1. The largest absolute Gasteiger partial charge is 0.495 e. The zero-order valence-corrected chi connectivity index (χ0v) is 14.8. The molecule has 3 nitrogen and oxygen atoms in total. The van der Waals surface area contributed by atoms with E-state index in [0.29, 0.717) is 6.54 Å². The molecule has 0 atom stereocenters. The third kappa shape index (κ3) is 3.94. The van der Waals surface area contributed by atoms with Gasteiger partial charge in [0.2, 0.25) is 0 Å². The first-order valence-electron chi connectivity index (χ1n) is 5.47. The highest BCUT2D eigenvalue weighted by Gasteiger charge is 2.06. The minimum atomic E-state index is 0.612. The molecule has 1 aromatic carbocycles. The first kappa shape index (κ1) is 14.8. The topological polar surface area (TPSA) is 34.1 Å². The van der Waals surface area contributed by atoms with Crippen molar-refractivity contribution in [3.63, 3.8) is 0 Å². The molecule has 2 rings (SSSR count). The highest BCUT2D eigenvalue weighted by molar-refractivity contribution is 9.11. The molecular weight excluding hydrogens is 440 g/mol. The minimum Gasteiger partial charge on any atom is -0.495 e. The van der Waals surface area contributed by atoms with Crippen LogP contribution in [0.15, 0.2) is 43.9 Å². The Morgan fingerprint density at radius 3 is 2.63 bits per heavy atom. The summed E-state index contributed by atoms with van der Waals surface area (Å²) in [7, 11) is 1.65. The number of nitrogens with zero attached hydrogens (tertiary/aromatic N) is 1. The summed E-state index contributed by atoms with van der Waals surface area (Å²) in [5.74, 6) is 0.802. The van der Waals surface area contributed by atoms with Crippen LogP contribution in [0.4, 0.5) is 5.69 Å². The third-order valence-corrected chi connectivity index (χ3v) is 4.11. The molecule has 2 aromatic rings. The number of anilines is 1. The molecule has 0 amide bonds. The van der Waals surface area contributed by atoms with E-state index in [1.807, 2.05) is 24.3 Å². The van der Waals surface area contributed by atoms with Gasteiger partial charge >= 0.3 is 0 Å². The van der Waals surface area contributed by atoms with Crippen molar-refractivity contribution in [1.82, 2.24) is 4.98 Å². The Kier molecular flexibility index (Phi) is 5.24. The van der Waals surface area contributed by atoms with Crippen LogP contribution in [-0.2, 0) is 6.54 Å². The molecule has 0 radical (unpaired) electrons. The predicted octanol–water partition coefficient (Wildman–Crippen LogP) is 4.99. The lowest BCUT2D eigenvalue weighted by Gasteiger charge is -2.12. The fourth-order valence-electron chi connectivity index (χ4n) is 1.57. The number of nitrogens with one attached hydrogen (secondary N) is 1. The van der Waals surface area contributed by atoms with Crippen molar-refractivity contribution < 1.29 is 4.74 Å². The molecule has 1 aromatic heterocycles. The van der Waals surface area contributed by atoms with Gasteiger partial charge in [0, 0.05) is 19.6 Å². The fraction of sp³-hybridized carbons (Fsp3) is 0.154. The second kappa shape index (κ2) is 6.72. The van der Waals surface area contributed by atoms with Crippen molar-refractivity contribution in [2.75, 3.05) is 12.4 Å². The van der Waals surface area contributed by atoms with E-state index >= 15 is 0 Å². The maximum absolute atomic E-state index is 5.32. The zero-order valence-electron chi connectivity index (χ0n) is 10.1. The SMILES string of the molecule is COc1ccc(Br)cc1NCc1ncc(Br)cc1Br. The monoisotopic (exact) mass is 448 g/mol. The van der Waals surface area contributed by atoms with E-state index in [4.69, 9.17) is 4.74 Å². The quantitative estimate of drug-likeness (QED) is 0.712. The number of aromatic nitrogens is 1. The normalized spacial score (nSPS) is 10.3. The second-order valence-corrected chi connectivity index (χ2v) is 6.47. The summed E-state index contributed by atoms with van der Waals surface area (Å²) in [6, 6.07) is 7.81. The lowest BCUT2D eigenvalue weighted by atomic mass is 10.2. The van der Waals surface area contributed by atoms with Gasteiger partial charge in [-0.15, -0.1) is 0 Å². The number of benzene rings is 1. The van der Waals surface area contributed by atoms with E-state index in [2.05, 4.69) is 58.1 Å². The molecule has 0 saturated carbocycles. The van der Waals surface area contributed by atoms with Gasteiger partial charge in [0.1, 0.15) is 5.75 Å². The third-order valence-electron chi connectivity index (χ3n) is 2.49. The van der Waals surface area contributed by atoms with Crippen LogP contribution in [-0.4, -0.2) is 12.1 Å². The molecule has 0 saturated heterocycles. The lowest BCUT2D eigenvalue weighted by molar-refractivity contribution is 0.416. The molecule has 0 spiro atoms. The Labute approximate surface area is 137 Å². The Morgan fingerprint density at radius 1 is 1.16 bits per heavy atom. The van der Waals surface area contributed by atoms with Gasteiger partial charge in [-0.05, 0) is 56.1 Å². The van der Waals surface area contributed by atoms with Gasteiger partial charge in [-0.3, -0.25) is 4.98 Å². The van der Waals surface area contributed by atoms with Gasteiger partial charge in [-0.2, -0.15) is 0 Å². The van der Waals surface area contributed by atoms with E-state index in [1.165, 1.54) is 0 Å². The van der Waals surface area contributed by atoms with Crippen LogP contribution in [0.2, 0.25) is 0 Å². The summed E-state index contributed by atoms with van der Waals surface area (Å²) in [6.07, 6.45) is 1.78. The Bertz CT molecular complexity index is 590. The van der Waals surface area contributed by atoms with Gasteiger partial charge in [-0.1, -0.05) is 15.9 Å². The summed E-state index contributed by atoms with van der Waals surface area (Å²) >= 11 is 10.3. The van der Waals surface area contributed by atoms with Crippen molar-refractivity contribution >= 4 is 53.5 Å². The average Bonchev–Trinajstić information content (AvgIpc) is 2.38. The van der Waals surface area contributed by atoms with Gasteiger partial charge in [0.25, 0.3) is 0 Å². The van der Waals surface area contributed by atoms with Crippen LogP contribution in [0.1, 0.15) is 5.69 Å². The molecule has 1 heterocycles. The van der Waals surface area contributed by atoms with Crippen LogP contribution in [0, 0.1) is 0 Å². The number of halogens is 3. The molecule has 0 aliphatic carbocycles. The van der Waals surface area contributed by atoms with Crippen LogP contribution in [0.25, 0.3) is 0 Å². The molecule has 1 N–H and O–H groups in total. The first-order valence-corrected chi connectivity index (χ1v) is 7.85. The van der Waals surface area contributed by atoms with Crippen molar-refractivity contribution in [1.29, 1.82) is 0 Å². The molecule has 100 valence electrons. The summed E-state index contributed by atoms with van der Waals surface area (Å²) in [4.78, 5) is 4.36. The van der Waals surface area contributed by atoms with E-state index in [1.54, 1.807) is 13.3 Å².